The lowest BCUT2D eigenvalue weighted by Gasteiger charge is -2.22. The molecule has 0 bridgehead atoms. The number of rotatable bonds is 6. The van der Waals surface area contributed by atoms with Crippen LogP contribution >= 0.6 is 0 Å². The minimum absolute atomic E-state index is 0.00499. The topological polar surface area (TPSA) is 90.0 Å². The van der Waals surface area contributed by atoms with E-state index >= 15 is 0 Å². The van der Waals surface area contributed by atoms with E-state index in [-0.39, 0.29) is 11.3 Å². The summed E-state index contributed by atoms with van der Waals surface area (Å²) in [6.45, 7) is 6.87. The molecule has 1 atom stereocenters. The fourth-order valence-corrected chi connectivity index (χ4v) is 3.21. The first-order valence-electron chi connectivity index (χ1n) is 9.67. The molecule has 3 rings (SSSR count). The number of carbonyl (C=O) groups is 1. The maximum absolute atomic E-state index is 11.9. The van der Waals surface area contributed by atoms with Crippen molar-refractivity contribution in [1.29, 1.82) is 0 Å². The van der Waals surface area contributed by atoms with Crippen LogP contribution in [0.15, 0.2) is 54.7 Å². The van der Waals surface area contributed by atoms with E-state index in [1.54, 1.807) is 13.2 Å². The van der Waals surface area contributed by atoms with Gasteiger partial charge in [0.25, 0.3) is 5.91 Å². The van der Waals surface area contributed by atoms with Crippen LogP contribution in [0.5, 0.6) is 0 Å². The number of aliphatic hydroxyl groups excluding tert-OH is 1. The highest BCUT2D eigenvalue weighted by Crippen LogP contribution is 2.31. The second-order valence-electron chi connectivity index (χ2n) is 8.06. The SMILES string of the molecule is CNC(=O)c1n[nH]cc1CNc1ccccc1C(O)c1cccc(C(C)(C)C)c1. The lowest BCUT2D eigenvalue weighted by Crippen LogP contribution is -2.20. The van der Waals surface area contributed by atoms with E-state index < -0.39 is 6.10 Å². The molecule has 0 saturated carbocycles. The van der Waals surface area contributed by atoms with E-state index in [0.29, 0.717) is 12.2 Å². The average Bonchev–Trinajstić information content (AvgIpc) is 3.19. The van der Waals surface area contributed by atoms with E-state index in [1.807, 2.05) is 36.4 Å². The van der Waals surface area contributed by atoms with Crippen LogP contribution in [0, 0.1) is 0 Å². The number of carbonyl (C=O) groups excluding carboxylic acids is 1. The maximum Gasteiger partial charge on any atom is 0.271 e. The zero-order valence-electron chi connectivity index (χ0n) is 17.3. The van der Waals surface area contributed by atoms with Crippen molar-refractivity contribution in [3.8, 4) is 0 Å². The molecule has 1 amide bonds. The molecule has 0 aliphatic carbocycles. The molecule has 2 aromatic carbocycles. The summed E-state index contributed by atoms with van der Waals surface area (Å²) in [6.07, 6.45) is 0.937. The van der Waals surface area contributed by atoms with E-state index in [2.05, 4.69) is 53.7 Å². The summed E-state index contributed by atoms with van der Waals surface area (Å²) in [4.78, 5) is 11.9. The molecule has 0 spiro atoms. The molecule has 0 saturated heterocycles. The molecule has 0 aliphatic rings. The van der Waals surface area contributed by atoms with Crippen LogP contribution in [0.25, 0.3) is 0 Å². The first-order valence-corrected chi connectivity index (χ1v) is 9.67. The van der Waals surface area contributed by atoms with Gasteiger partial charge in [0.15, 0.2) is 5.69 Å². The lowest BCUT2D eigenvalue weighted by atomic mass is 9.85. The van der Waals surface area contributed by atoms with Gasteiger partial charge in [-0.3, -0.25) is 9.89 Å². The fraction of sp³-hybridized carbons (Fsp3) is 0.304. The highest BCUT2D eigenvalue weighted by atomic mass is 16.3. The number of nitrogens with zero attached hydrogens (tertiary/aromatic N) is 1. The van der Waals surface area contributed by atoms with Crippen LogP contribution in [0.4, 0.5) is 5.69 Å². The number of para-hydroxylation sites is 1. The number of hydrogen-bond acceptors (Lipinski definition) is 4. The first-order chi connectivity index (χ1) is 13.8. The minimum Gasteiger partial charge on any atom is -0.384 e. The molecule has 0 aliphatic heterocycles. The molecule has 0 radical (unpaired) electrons. The minimum atomic E-state index is -0.760. The van der Waals surface area contributed by atoms with Crippen molar-refractivity contribution in [2.45, 2.75) is 38.8 Å². The monoisotopic (exact) mass is 392 g/mol. The average molecular weight is 393 g/mol. The van der Waals surface area contributed by atoms with Gasteiger partial charge in [-0.05, 0) is 22.6 Å². The van der Waals surface area contributed by atoms with Crippen molar-refractivity contribution in [2.24, 2.45) is 0 Å². The van der Waals surface area contributed by atoms with Gasteiger partial charge in [-0.15, -0.1) is 0 Å². The van der Waals surface area contributed by atoms with E-state index in [9.17, 15) is 9.90 Å². The van der Waals surface area contributed by atoms with Gasteiger partial charge >= 0.3 is 0 Å². The van der Waals surface area contributed by atoms with Gasteiger partial charge in [-0.1, -0.05) is 63.2 Å². The molecule has 4 N–H and O–H groups in total. The molecule has 1 unspecified atom stereocenters. The second kappa shape index (κ2) is 8.49. The third-order valence-electron chi connectivity index (χ3n) is 4.95. The Kier molecular flexibility index (Phi) is 6.03. The molecule has 0 fully saturated rings. The predicted molar refractivity (Wildman–Crippen MR) is 115 cm³/mol. The first kappa shape index (κ1) is 20.6. The van der Waals surface area contributed by atoms with Crippen LogP contribution in [0.3, 0.4) is 0 Å². The predicted octanol–water partition coefficient (Wildman–Crippen LogP) is 3.76. The normalized spacial score (nSPS) is 12.4. The number of aliphatic hydroxyl groups is 1. The number of anilines is 1. The highest BCUT2D eigenvalue weighted by molar-refractivity contribution is 5.93. The molecule has 6 heteroatoms. The molecule has 29 heavy (non-hydrogen) atoms. The van der Waals surface area contributed by atoms with Crippen molar-refractivity contribution in [3.63, 3.8) is 0 Å². The van der Waals surface area contributed by atoms with Gasteiger partial charge in [0.2, 0.25) is 0 Å². The third kappa shape index (κ3) is 4.66. The summed E-state index contributed by atoms with van der Waals surface area (Å²) in [7, 11) is 1.57. The van der Waals surface area contributed by atoms with Gasteiger partial charge in [-0.2, -0.15) is 5.10 Å². The largest absolute Gasteiger partial charge is 0.384 e. The van der Waals surface area contributed by atoms with Crippen LogP contribution in [-0.4, -0.2) is 28.3 Å². The third-order valence-corrected chi connectivity index (χ3v) is 4.95. The van der Waals surface area contributed by atoms with Gasteiger partial charge < -0.3 is 15.7 Å². The van der Waals surface area contributed by atoms with Crippen molar-refractivity contribution in [1.82, 2.24) is 15.5 Å². The van der Waals surface area contributed by atoms with Gasteiger partial charge in [0.1, 0.15) is 6.10 Å². The van der Waals surface area contributed by atoms with E-state index in [4.69, 9.17) is 0 Å². The van der Waals surface area contributed by atoms with Crippen LogP contribution in [0.2, 0.25) is 0 Å². The Morgan fingerprint density at radius 2 is 1.93 bits per heavy atom. The van der Waals surface area contributed by atoms with Crippen LogP contribution in [-0.2, 0) is 12.0 Å². The smallest absolute Gasteiger partial charge is 0.271 e. The molecule has 6 nitrogen and oxygen atoms in total. The van der Waals surface area contributed by atoms with Gasteiger partial charge in [0.05, 0.1) is 0 Å². The Labute approximate surface area is 171 Å². The summed E-state index contributed by atoms with van der Waals surface area (Å²) < 4.78 is 0. The Hall–Kier alpha value is -3.12. The summed E-state index contributed by atoms with van der Waals surface area (Å²) in [6, 6.07) is 15.7. The number of amides is 1. The number of aromatic amines is 1. The molecule has 3 aromatic rings. The number of aromatic nitrogens is 2. The number of nitrogens with one attached hydrogen (secondary N) is 3. The quantitative estimate of drug-likeness (QED) is 0.514. The van der Waals surface area contributed by atoms with Crippen LogP contribution in [0.1, 0.15) is 59.6 Å². The highest BCUT2D eigenvalue weighted by Gasteiger charge is 2.19. The second-order valence-corrected chi connectivity index (χ2v) is 8.06. The summed E-state index contributed by atoms with van der Waals surface area (Å²) >= 11 is 0. The Morgan fingerprint density at radius 1 is 1.17 bits per heavy atom. The van der Waals surface area contributed by atoms with Crippen LogP contribution < -0.4 is 10.6 Å². The van der Waals surface area contributed by atoms with Gasteiger partial charge in [-0.25, -0.2) is 0 Å². The Morgan fingerprint density at radius 3 is 2.66 bits per heavy atom. The number of H-pyrrole nitrogens is 1. The Balaban J connectivity index is 1.84. The standard InChI is InChI=1S/C23H28N4O2/c1-23(2,3)17-9-7-8-15(12-17)21(28)18-10-5-6-11-19(18)25-13-16-14-26-27-20(16)22(29)24-4/h5-12,14,21,25,28H,13H2,1-4H3,(H,24,29)(H,26,27). The fourth-order valence-electron chi connectivity index (χ4n) is 3.21. The number of hydrogen-bond donors (Lipinski definition) is 4. The molecule has 152 valence electrons. The van der Waals surface area contributed by atoms with Crippen molar-refractivity contribution in [2.75, 3.05) is 12.4 Å². The summed E-state index contributed by atoms with van der Waals surface area (Å²) in [5, 5.41) is 23.7. The maximum atomic E-state index is 11.9. The Bertz CT molecular complexity index is 988. The van der Waals surface area contributed by atoms with E-state index in [1.165, 1.54) is 5.56 Å². The lowest BCUT2D eigenvalue weighted by molar-refractivity contribution is 0.0957. The zero-order chi connectivity index (χ0) is 21.0. The van der Waals surface area contributed by atoms with Gasteiger partial charge in [0, 0.05) is 36.6 Å². The summed E-state index contributed by atoms with van der Waals surface area (Å²) in [5.41, 5.74) is 4.73. The van der Waals surface area contributed by atoms with Crippen molar-refractivity contribution < 1.29 is 9.90 Å². The zero-order valence-corrected chi connectivity index (χ0v) is 17.3. The molecular weight excluding hydrogens is 364 g/mol. The molecular formula is C23H28N4O2. The van der Waals surface area contributed by atoms with Crippen molar-refractivity contribution in [3.05, 3.63) is 82.7 Å². The van der Waals surface area contributed by atoms with E-state index in [0.717, 1.165) is 22.4 Å². The number of benzene rings is 2. The molecule has 1 aromatic heterocycles. The molecule has 1 heterocycles. The summed E-state index contributed by atoms with van der Waals surface area (Å²) in [5.74, 6) is -0.240. The van der Waals surface area contributed by atoms with Crippen molar-refractivity contribution >= 4 is 11.6 Å².